The van der Waals surface area contributed by atoms with Crippen LogP contribution in [-0.2, 0) is 4.74 Å². The van der Waals surface area contributed by atoms with E-state index >= 15 is 0 Å². The van der Waals surface area contributed by atoms with Gasteiger partial charge in [0.1, 0.15) is 0 Å². The highest BCUT2D eigenvalue weighted by Crippen LogP contribution is 2.24. The molecule has 0 bridgehead atoms. The number of methoxy groups -OCH3 is 1. The first-order chi connectivity index (χ1) is 6.53. The second-order valence-corrected chi connectivity index (χ2v) is 4.34. The van der Waals surface area contributed by atoms with Crippen molar-refractivity contribution in [2.75, 3.05) is 7.11 Å². The van der Waals surface area contributed by atoms with Crippen LogP contribution in [0.15, 0.2) is 0 Å². The van der Waals surface area contributed by atoms with Gasteiger partial charge < -0.3 is 4.74 Å². The Kier molecular flexibility index (Phi) is 6.33. The quantitative estimate of drug-likeness (QED) is 0.491. The van der Waals surface area contributed by atoms with Gasteiger partial charge in [0.25, 0.3) is 0 Å². The SMILES string of the molecule is CCC(C)CC(NN)C(C)(CC)OC. The maximum absolute atomic E-state index is 5.58. The molecule has 0 aliphatic carbocycles. The van der Waals surface area contributed by atoms with Crippen LogP contribution in [0.4, 0.5) is 0 Å². The summed E-state index contributed by atoms with van der Waals surface area (Å²) in [5, 5.41) is 0. The second-order valence-electron chi connectivity index (χ2n) is 4.34. The predicted molar refractivity (Wildman–Crippen MR) is 60.9 cm³/mol. The fraction of sp³-hybridized carbons (Fsp3) is 1.00. The van der Waals surface area contributed by atoms with Crippen molar-refractivity contribution in [3.05, 3.63) is 0 Å². The number of hydrogen-bond acceptors (Lipinski definition) is 3. The number of ether oxygens (including phenoxy) is 1. The van der Waals surface area contributed by atoms with Crippen molar-refractivity contribution >= 4 is 0 Å². The Morgan fingerprint density at radius 2 is 2.00 bits per heavy atom. The Morgan fingerprint density at radius 1 is 1.43 bits per heavy atom. The van der Waals surface area contributed by atoms with Gasteiger partial charge in [-0.15, -0.1) is 0 Å². The predicted octanol–water partition coefficient (Wildman–Crippen LogP) is 2.07. The van der Waals surface area contributed by atoms with Crippen molar-refractivity contribution in [3.63, 3.8) is 0 Å². The molecule has 0 saturated heterocycles. The average molecular weight is 202 g/mol. The Morgan fingerprint density at radius 3 is 2.29 bits per heavy atom. The molecule has 3 nitrogen and oxygen atoms in total. The fourth-order valence-electron chi connectivity index (χ4n) is 1.60. The Bertz CT molecular complexity index is 146. The Hall–Kier alpha value is -0.120. The van der Waals surface area contributed by atoms with Gasteiger partial charge in [-0.25, -0.2) is 0 Å². The zero-order valence-electron chi connectivity index (χ0n) is 10.3. The molecule has 0 aromatic carbocycles. The monoisotopic (exact) mass is 202 g/mol. The van der Waals surface area contributed by atoms with Crippen LogP contribution in [-0.4, -0.2) is 18.8 Å². The van der Waals surface area contributed by atoms with Crippen molar-refractivity contribution in [2.24, 2.45) is 11.8 Å². The summed E-state index contributed by atoms with van der Waals surface area (Å²) in [4.78, 5) is 0. The lowest BCUT2D eigenvalue weighted by Crippen LogP contribution is -2.53. The van der Waals surface area contributed by atoms with E-state index in [0.29, 0.717) is 5.92 Å². The Labute approximate surface area is 88.4 Å². The van der Waals surface area contributed by atoms with Crippen LogP contribution in [0.1, 0.15) is 47.0 Å². The molecule has 0 rings (SSSR count). The van der Waals surface area contributed by atoms with Gasteiger partial charge in [-0.2, -0.15) is 0 Å². The fourth-order valence-corrected chi connectivity index (χ4v) is 1.60. The van der Waals surface area contributed by atoms with E-state index in [1.807, 2.05) is 0 Å². The molecule has 0 saturated carbocycles. The molecule has 0 radical (unpaired) electrons. The largest absolute Gasteiger partial charge is 0.377 e. The van der Waals surface area contributed by atoms with Crippen molar-refractivity contribution in [1.82, 2.24) is 5.43 Å². The minimum Gasteiger partial charge on any atom is -0.377 e. The number of hydrogen-bond donors (Lipinski definition) is 2. The molecule has 0 aliphatic heterocycles. The molecule has 3 heteroatoms. The van der Waals surface area contributed by atoms with E-state index in [-0.39, 0.29) is 11.6 Å². The number of hydrazine groups is 1. The lowest BCUT2D eigenvalue weighted by Gasteiger charge is -2.36. The molecule has 0 spiro atoms. The van der Waals surface area contributed by atoms with Gasteiger partial charge in [-0.1, -0.05) is 27.2 Å². The topological polar surface area (TPSA) is 47.3 Å². The van der Waals surface area contributed by atoms with Gasteiger partial charge in [-0.05, 0) is 25.7 Å². The molecule has 3 N–H and O–H groups in total. The summed E-state index contributed by atoms with van der Waals surface area (Å²) in [7, 11) is 1.75. The molecular formula is C11H26N2O. The van der Waals surface area contributed by atoms with Gasteiger partial charge in [0.05, 0.1) is 11.6 Å². The highest BCUT2D eigenvalue weighted by atomic mass is 16.5. The van der Waals surface area contributed by atoms with E-state index < -0.39 is 0 Å². The van der Waals surface area contributed by atoms with Gasteiger partial charge in [0.15, 0.2) is 0 Å². The third kappa shape index (κ3) is 3.56. The van der Waals surface area contributed by atoms with E-state index in [4.69, 9.17) is 10.6 Å². The molecule has 3 unspecified atom stereocenters. The third-order valence-electron chi connectivity index (χ3n) is 3.44. The standard InChI is InChI=1S/C11H26N2O/c1-6-9(3)8-10(13-12)11(4,7-2)14-5/h9-10,13H,6-8,12H2,1-5H3. The molecule has 0 aromatic rings. The van der Waals surface area contributed by atoms with Gasteiger partial charge in [0.2, 0.25) is 0 Å². The van der Waals surface area contributed by atoms with Crippen LogP contribution in [0.3, 0.4) is 0 Å². The Balaban J connectivity index is 4.36. The first kappa shape index (κ1) is 13.9. The van der Waals surface area contributed by atoms with E-state index in [9.17, 15) is 0 Å². The first-order valence-corrected chi connectivity index (χ1v) is 5.55. The lowest BCUT2D eigenvalue weighted by atomic mass is 9.86. The minimum absolute atomic E-state index is 0.155. The first-order valence-electron chi connectivity index (χ1n) is 5.55. The summed E-state index contributed by atoms with van der Waals surface area (Å²) in [5.41, 5.74) is 2.73. The zero-order valence-corrected chi connectivity index (χ0v) is 10.3. The number of rotatable bonds is 7. The summed E-state index contributed by atoms with van der Waals surface area (Å²) < 4.78 is 5.54. The summed E-state index contributed by atoms with van der Waals surface area (Å²) in [6, 6.07) is 0.229. The summed E-state index contributed by atoms with van der Waals surface area (Å²) in [5.74, 6) is 6.26. The highest BCUT2D eigenvalue weighted by molar-refractivity contribution is 4.87. The van der Waals surface area contributed by atoms with Crippen LogP contribution in [0.2, 0.25) is 0 Å². The summed E-state index contributed by atoms with van der Waals surface area (Å²) >= 11 is 0. The van der Waals surface area contributed by atoms with E-state index in [1.54, 1.807) is 7.11 Å². The maximum atomic E-state index is 5.58. The van der Waals surface area contributed by atoms with E-state index in [0.717, 1.165) is 12.8 Å². The van der Waals surface area contributed by atoms with Crippen LogP contribution in [0, 0.1) is 5.92 Å². The second kappa shape index (κ2) is 6.38. The molecule has 0 amide bonds. The molecule has 0 aliphatic rings. The maximum Gasteiger partial charge on any atom is 0.0813 e. The lowest BCUT2D eigenvalue weighted by molar-refractivity contribution is -0.0347. The van der Waals surface area contributed by atoms with Gasteiger partial charge in [-0.3, -0.25) is 11.3 Å². The molecule has 0 heterocycles. The normalized spacial score (nSPS) is 20.1. The third-order valence-corrected chi connectivity index (χ3v) is 3.44. The smallest absolute Gasteiger partial charge is 0.0813 e. The number of nitrogens with one attached hydrogen (secondary N) is 1. The van der Waals surface area contributed by atoms with Crippen LogP contribution in [0.25, 0.3) is 0 Å². The summed E-state index contributed by atoms with van der Waals surface area (Å²) in [6.07, 6.45) is 3.21. The number of nitrogens with two attached hydrogens (primary N) is 1. The van der Waals surface area contributed by atoms with Crippen molar-refractivity contribution in [3.8, 4) is 0 Å². The molecule has 0 aromatic heterocycles. The highest BCUT2D eigenvalue weighted by Gasteiger charge is 2.32. The van der Waals surface area contributed by atoms with Crippen molar-refractivity contribution in [2.45, 2.75) is 58.6 Å². The molecule has 3 atom stereocenters. The molecular weight excluding hydrogens is 176 g/mol. The van der Waals surface area contributed by atoms with Gasteiger partial charge in [0, 0.05) is 7.11 Å². The van der Waals surface area contributed by atoms with Crippen LogP contribution < -0.4 is 11.3 Å². The van der Waals surface area contributed by atoms with E-state index in [2.05, 4.69) is 33.1 Å². The average Bonchev–Trinajstić information content (AvgIpc) is 2.24. The minimum atomic E-state index is -0.155. The van der Waals surface area contributed by atoms with Gasteiger partial charge >= 0.3 is 0 Å². The molecule has 86 valence electrons. The van der Waals surface area contributed by atoms with Crippen LogP contribution in [0.5, 0.6) is 0 Å². The zero-order chi connectivity index (χ0) is 11.2. The summed E-state index contributed by atoms with van der Waals surface area (Å²) in [6.45, 7) is 8.69. The molecule has 14 heavy (non-hydrogen) atoms. The van der Waals surface area contributed by atoms with Crippen molar-refractivity contribution in [1.29, 1.82) is 0 Å². The van der Waals surface area contributed by atoms with E-state index in [1.165, 1.54) is 6.42 Å². The van der Waals surface area contributed by atoms with Crippen LogP contribution >= 0.6 is 0 Å². The van der Waals surface area contributed by atoms with Crippen molar-refractivity contribution < 1.29 is 4.74 Å². The molecule has 0 fully saturated rings.